The lowest BCUT2D eigenvalue weighted by atomic mass is 10.1. The first kappa shape index (κ1) is 13.5. The van der Waals surface area contributed by atoms with E-state index < -0.39 is 9.84 Å². The van der Waals surface area contributed by atoms with Crippen molar-refractivity contribution in [3.63, 3.8) is 0 Å². The fourth-order valence-corrected chi connectivity index (χ4v) is 4.53. The molecular weight excluding hydrogens is 300 g/mol. The summed E-state index contributed by atoms with van der Waals surface area (Å²) in [7, 11) is -2.86. The summed E-state index contributed by atoms with van der Waals surface area (Å²) in [6.45, 7) is 0. The monoisotopic (exact) mass is 316 g/mol. The topological polar surface area (TPSA) is 69.3 Å². The van der Waals surface area contributed by atoms with E-state index in [9.17, 15) is 8.42 Å². The van der Waals surface area contributed by atoms with Crippen LogP contribution in [0.3, 0.4) is 0 Å². The van der Waals surface area contributed by atoms with Crippen LogP contribution in [-0.4, -0.2) is 38.9 Å². The number of nitrogens with zero attached hydrogens (tertiary/aromatic N) is 4. The minimum atomic E-state index is -2.86. The van der Waals surface area contributed by atoms with Crippen molar-refractivity contribution in [3.8, 4) is 11.5 Å². The van der Waals surface area contributed by atoms with Crippen molar-refractivity contribution in [2.24, 2.45) is 0 Å². The Balaban J connectivity index is 1.74. The van der Waals surface area contributed by atoms with E-state index in [1.54, 1.807) is 6.20 Å². The van der Waals surface area contributed by atoms with Crippen molar-refractivity contribution in [3.05, 3.63) is 43.0 Å². The van der Waals surface area contributed by atoms with Crippen LogP contribution in [0.15, 0.2) is 43.0 Å². The molecule has 0 aliphatic carbocycles. The van der Waals surface area contributed by atoms with Crippen LogP contribution in [0.1, 0.15) is 18.9 Å². The molecule has 0 unspecified atom stereocenters. The summed E-state index contributed by atoms with van der Waals surface area (Å²) >= 11 is 0. The molecule has 22 heavy (non-hydrogen) atoms. The van der Waals surface area contributed by atoms with Crippen LogP contribution in [0, 0.1) is 0 Å². The largest absolute Gasteiger partial charge is 0.327 e. The van der Waals surface area contributed by atoms with Gasteiger partial charge in [-0.2, -0.15) is 0 Å². The average molecular weight is 316 g/mol. The Morgan fingerprint density at radius 1 is 1.09 bits per heavy atom. The summed E-state index contributed by atoms with van der Waals surface area (Å²) in [6, 6.07) is 6.03. The lowest BCUT2D eigenvalue weighted by Crippen LogP contribution is -2.25. The molecule has 0 N–H and O–H groups in total. The van der Waals surface area contributed by atoms with E-state index in [1.165, 1.54) is 0 Å². The second-order valence-electron chi connectivity index (χ2n) is 5.61. The molecule has 1 saturated heterocycles. The highest BCUT2D eigenvalue weighted by molar-refractivity contribution is 7.91. The Labute approximate surface area is 128 Å². The van der Waals surface area contributed by atoms with E-state index in [-0.39, 0.29) is 17.5 Å². The van der Waals surface area contributed by atoms with Crippen molar-refractivity contribution in [1.29, 1.82) is 0 Å². The Hall–Kier alpha value is -2.15. The normalized spacial score (nSPS) is 18.7. The molecule has 7 heteroatoms. The van der Waals surface area contributed by atoms with Crippen LogP contribution in [0.2, 0.25) is 0 Å². The van der Waals surface area contributed by atoms with E-state index in [2.05, 4.69) is 14.5 Å². The minimum absolute atomic E-state index is 0.176. The highest BCUT2D eigenvalue weighted by Crippen LogP contribution is 2.29. The number of fused-ring (bicyclic) bond motifs is 1. The van der Waals surface area contributed by atoms with Gasteiger partial charge in [-0.05, 0) is 25.0 Å². The Morgan fingerprint density at radius 3 is 2.73 bits per heavy atom. The Kier molecular flexibility index (Phi) is 3.04. The van der Waals surface area contributed by atoms with E-state index in [4.69, 9.17) is 0 Å². The molecule has 0 radical (unpaired) electrons. The van der Waals surface area contributed by atoms with Crippen molar-refractivity contribution in [2.45, 2.75) is 18.9 Å². The van der Waals surface area contributed by atoms with Gasteiger partial charge in [-0.1, -0.05) is 6.07 Å². The van der Waals surface area contributed by atoms with Gasteiger partial charge >= 0.3 is 0 Å². The molecule has 1 aliphatic rings. The molecule has 0 spiro atoms. The van der Waals surface area contributed by atoms with E-state index in [0.29, 0.717) is 12.8 Å². The van der Waals surface area contributed by atoms with E-state index in [1.807, 2.05) is 41.2 Å². The van der Waals surface area contributed by atoms with Crippen LogP contribution in [0.4, 0.5) is 0 Å². The minimum Gasteiger partial charge on any atom is -0.327 e. The molecule has 6 nitrogen and oxygen atoms in total. The lowest BCUT2D eigenvalue weighted by molar-refractivity contribution is 0.453. The fourth-order valence-electron chi connectivity index (χ4n) is 3.06. The third kappa shape index (κ3) is 2.21. The first-order valence-electron chi connectivity index (χ1n) is 7.30. The Morgan fingerprint density at radius 2 is 1.91 bits per heavy atom. The summed E-state index contributed by atoms with van der Waals surface area (Å²) in [5, 5.41) is 0. The molecule has 1 fully saturated rings. The average Bonchev–Trinajstić information content (AvgIpc) is 3.13. The molecule has 0 bridgehead atoms. The maximum Gasteiger partial charge on any atom is 0.158 e. The highest BCUT2D eigenvalue weighted by atomic mass is 32.2. The molecule has 0 saturated carbocycles. The van der Waals surface area contributed by atoms with Crippen LogP contribution < -0.4 is 0 Å². The van der Waals surface area contributed by atoms with Crippen LogP contribution >= 0.6 is 0 Å². The van der Waals surface area contributed by atoms with Gasteiger partial charge in [0.15, 0.2) is 5.82 Å². The summed E-state index contributed by atoms with van der Waals surface area (Å²) in [4.78, 5) is 8.87. The third-order valence-electron chi connectivity index (χ3n) is 4.23. The molecule has 0 aromatic carbocycles. The summed E-state index contributed by atoms with van der Waals surface area (Å²) in [5.74, 6) is 1.34. The van der Waals surface area contributed by atoms with E-state index in [0.717, 1.165) is 17.2 Å². The molecular formula is C15H16N4O2S. The number of aromatic nitrogens is 4. The van der Waals surface area contributed by atoms with Gasteiger partial charge in [0, 0.05) is 24.6 Å². The SMILES string of the molecule is O=S1(=O)CCC(n2ccnc2-c2cnc3ccccn23)CC1. The zero-order valence-corrected chi connectivity index (χ0v) is 12.8. The summed E-state index contributed by atoms with van der Waals surface area (Å²) < 4.78 is 27.3. The molecule has 3 aromatic heterocycles. The highest BCUT2D eigenvalue weighted by Gasteiger charge is 2.26. The zero-order valence-electron chi connectivity index (χ0n) is 12.0. The second kappa shape index (κ2) is 4.95. The standard InChI is InChI=1S/C15H16N4O2S/c20-22(21)9-4-12(5-10-22)18-8-6-16-15(18)13-11-17-14-3-1-2-7-19(13)14/h1-3,6-8,11-12H,4-5,9-10H2. The van der Waals surface area contributed by atoms with Crippen molar-refractivity contribution in [1.82, 2.24) is 18.9 Å². The van der Waals surface area contributed by atoms with Gasteiger partial charge in [0.2, 0.25) is 0 Å². The number of pyridine rings is 1. The molecule has 4 rings (SSSR count). The van der Waals surface area contributed by atoms with Gasteiger partial charge < -0.3 is 4.57 Å². The molecule has 1 aliphatic heterocycles. The van der Waals surface area contributed by atoms with Crippen molar-refractivity contribution < 1.29 is 8.42 Å². The Bertz CT molecular complexity index is 912. The summed E-state index contributed by atoms with van der Waals surface area (Å²) in [6.07, 6.45) is 8.75. The molecule has 4 heterocycles. The second-order valence-corrected chi connectivity index (χ2v) is 7.92. The first-order valence-corrected chi connectivity index (χ1v) is 9.12. The summed E-state index contributed by atoms with van der Waals surface area (Å²) in [5.41, 5.74) is 1.80. The van der Waals surface area contributed by atoms with Gasteiger partial charge in [0.1, 0.15) is 21.2 Å². The number of rotatable bonds is 2. The predicted octanol–water partition coefficient (Wildman–Crippen LogP) is 1.95. The maximum absolute atomic E-state index is 11.6. The third-order valence-corrected chi connectivity index (χ3v) is 5.95. The molecule has 0 amide bonds. The van der Waals surface area contributed by atoms with E-state index >= 15 is 0 Å². The number of imidazole rings is 2. The first-order chi connectivity index (χ1) is 10.6. The van der Waals surface area contributed by atoms with Crippen LogP contribution in [0.5, 0.6) is 0 Å². The van der Waals surface area contributed by atoms with Crippen LogP contribution in [0.25, 0.3) is 17.2 Å². The zero-order chi connectivity index (χ0) is 15.2. The van der Waals surface area contributed by atoms with Gasteiger partial charge in [-0.25, -0.2) is 18.4 Å². The number of sulfone groups is 1. The number of hydrogen-bond donors (Lipinski definition) is 0. The predicted molar refractivity (Wildman–Crippen MR) is 83.3 cm³/mol. The molecule has 114 valence electrons. The lowest BCUT2D eigenvalue weighted by Gasteiger charge is -2.24. The van der Waals surface area contributed by atoms with Crippen molar-refractivity contribution >= 4 is 15.5 Å². The van der Waals surface area contributed by atoms with Gasteiger partial charge in [0.05, 0.1) is 17.7 Å². The van der Waals surface area contributed by atoms with Crippen molar-refractivity contribution in [2.75, 3.05) is 11.5 Å². The maximum atomic E-state index is 11.6. The van der Waals surface area contributed by atoms with Crippen LogP contribution in [-0.2, 0) is 9.84 Å². The fraction of sp³-hybridized carbons (Fsp3) is 0.333. The van der Waals surface area contributed by atoms with Gasteiger partial charge in [-0.15, -0.1) is 0 Å². The smallest absolute Gasteiger partial charge is 0.158 e. The quantitative estimate of drug-likeness (QED) is 0.724. The molecule has 0 atom stereocenters. The van der Waals surface area contributed by atoms with Gasteiger partial charge in [-0.3, -0.25) is 4.40 Å². The number of hydrogen-bond acceptors (Lipinski definition) is 4. The van der Waals surface area contributed by atoms with Gasteiger partial charge in [0.25, 0.3) is 0 Å². The molecule has 3 aromatic rings.